The van der Waals surface area contributed by atoms with Crippen LogP contribution in [0.4, 0.5) is 5.69 Å². The first kappa shape index (κ1) is 29.0. The van der Waals surface area contributed by atoms with E-state index >= 15 is 0 Å². The molecule has 10 aromatic rings. The molecular weight excluding hydrogens is 657 g/mol. The summed E-state index contributed by atoms with van der Waals surface area (Å²) in [6, 6.07) is 46.5. The summed E-state index contributed by atoms with van der Waals surface area (Å²) < 4.78 is 0. The van der Waals surface area contributed by atoms with Crippen LogP contribution in [-0.4, -0.2) is 9.97 Å². The van der Waals surface area contributed by atoms with Crippen molar-refractivity contribution in [1.29, 1.82) is 5.26 Å². The van der Waals surface area contributed by atoms with Gasteiger partial charge >= 0.3 is 0 Å². The topological polar surface area (TPSA) is 53.9 Å². The molecule has 0 saturated heterocycles. The van der Waals surface area contributed by atoms with Crippen LogP contribution in [0.15, 0.2) is 146 Å². The Morgan fingerprint density at radius 2 is 0.833 bits per heavy atom. The van der Waals surface area contributed by atoms with Crippen LogP contribution >= 0.6 is 0 Å². The molecule has 0 amide bonds. The van der Waals surface area contributed by atoms with E-state index in [4.69, 9.17) is 6.57 Å². The second-order valence-corrected chi connectivity index (χ2v) is 14.3. The summed E-state index contributed by atoms with van der Waals surface area (Å²) in [6.45, 7) is 8.14. The highest BCUT2D eigenvalue weighted by Gasteiger charge is 2.27. The van der Waals surface area contributed by atoms with Gasteiger partial charge in [0.2, 0.25) is 5.69 Å². The fourth-order valence-electron chi connectivity index (χ4n) is 9.47. The van der Waals surface area contributed by atoms with E-state index in [0.29, 0.717) is 11.3 Å². The number of fused-ring (bicyclic) bond motifs is 11. The van der Waals surface area contributed by atoms with E-state index in [-0.39, 0.29) is 0 Å². The third kappa shape index (κ3) is 3.68. The summed E-state index contributed by atoms with van der Waals surface area (Å²) in [5.41, 5.74) is 14.5. The molecule has 8 aromatic carbocycles. The van der Waals surface area contributed by atoms with Gasteiger partial charge < -0.3 is 0 Å². The van der Waals surface area contributed by atoms with Crippen LogP contribution in [-0.2, 0) is 0 Å². The van der Waals surface area contributed by atoms with Crippen molar-refractivity contribution < 1.29 is 0 Å². The molecule has 244 valence electrons. The zero-order valence-corrected chi connectivity index (χ0v) is 28.6. The molecule has 0 spiro atoms. The Labute approximate surface area is 309 Å². The number of pyridine rings is 2. The lowest BCUT2D eigenvalue weighted by Gasteiger charge is -2.19. The van der Waals surface area contributed by atoms with Crippen LogP contribution < -0.4 is 0 Å². The van der Waals surface area contributed by atoms with E-state index in [9.17, 15) is 5.26 Å². The highest BCUT2D eigenvalue weighted by Crippen LogP contribution is 2.54. The van der Waals surface area contributed by atoms with E-state index in [1.165, 1.54) is 66.1 Å². The maximum Gasteiger partial charge on any atom is 0.212 e. The van der Waals surface area contributed by atoms with Gasteiger partial charge in [-0.3, -0.25) is 9.97 Å². The lowest BCUT2D eigenvalue weighted by atomic mass is 9.84. The fraction of sp³-hybridized carbons (Fsp3) is 0. The van der Waals surface area contributed by atoms with Gasteiger partial charge in [0, 0.05) is 30.4 Å². The van der Waals surface area contributed by atoms with Gasteiger partial charge in [0.05, 0.1) is 12.1 Å². The minimum Gasteiger partial charge on any atom is -0.276 e. The quantitative estimate of drug-likeness (QED) is 0.135. The van der Waals surface area contributed by atoms with E-state index in [1.54, 1.807) is 24.8 Å². The van der Waals surface area contributed by atoms with Crippen LogP contribution in [0.25, 0.3) is 125 Å². The molecule has 2 aromatic heterocycles. The molecule has 0 fully saturated rings. The molecule has 0 N–H and O–H groups in total. The van der Waals surface area contributed by atoms with Crippen molar-refractivity contribution in [2.75, 3.05) is 0 Å². The third-order valence-electron chi connectivity index (χ3n) is 11.8. The van der Waals surface area contributed by atoms with Crippen molar-refractivity contribution in [2.45, 2.75) is 0 Å². The third-order valence-corrected chi connectivity index (χ3v) is 11.8. The van der Waals surface area contributed by atoms with Crippen LogP contribution in [0.1, 0.15) is 5.56 Å². The smallest absolute Gasteiger partial charge is 0.212 e. The Hall–Kier alpha value is -7.66. The average Bonchev–Trinajstić information content (AvgIpc) is 3.72. The van der Waals surface area contributed by atoms with Gasteiger partial charge in [-0.2, -0.15) is 5.26 Å². The average molecular weight is 681 g/mol. The molecule has 0 aliphatic heterocycles. The molecule has 2 heterocycles. The lowest BCUT2D eigenvalue weighted by Crippen LogP contribution is -1.93. The number of aromatic nitrogens is 2. The van der Waals surface area contributed by atoms with Gasteiger partial charge in [0.1, 0.15) is 6.07 Å². The van der Waals surface area contributed by atoms with Crippen LogP contribution in [0, 0.1) is 17.9 Å². The Kier molecular flexibility index (Phi) is 5.61. The van der Waals surface area contributed by atoms with Crippen LogP contribution in [0.5, 0.6) is 0 Å². The molecular formula is C50H24N4. The maximum absolute atomic E-state index is 10.4. The molecule has 4 nitrogen and oxygen atoms in total. The summed E-state index contributed by atoms with van der Waals surface area (Å²) in [5.74, 6) is 0. The monoisotopic (exact) mass is 680 g/mol. The van der Waals surface area contributed by atoms with Crippen molar-refractivity contribution in [2.24, 2.45) is 0 Å². The molecule has 4 heteroatoms. The van der Waals surface area contributed by atoms with Gasteiger partial charge in [-0.1, -0.05) is 72.8 Å². The minimum absolute atomic E-state index is 0.517. The van der Waals surface area contributed by atoms with E-state index < -0.39 is 0 Å². The highest BCUT2D eigenvalue weighted by molar-refractivity contribution is 6.29. The number of benzene rings is 8. The van der Waals surface area contributed by atoms with Crippen LogP contribution in [0.3, 0.4) is 0 Å². The van der Waals surface area contributed by atoms with Gasteiger partial charge in [0.15, 0.2) is 0 Å². The number of nitriles is 1. The lowest BCUT2D eigenvalue weighted by molar-refractivity contribution is 1.30. The first-order chi connectivity index (χ1) is 26.7. The van der Waals surface area contributed by atoms with Crippen molar-refractivity contribution in [3.05, 3.63) is 163 Å². The Balaban J connectivity index is 1.30. The minimum atomic E-state index is 0.517. The second kappa shape index (κ2) is 10.5. The Bertz CT molecular complexity index is 3230. The molecule has 12 rings (SSSR count). The number of rotatable bonds is 2. The summed E-state index contributed by atoms with van der Waals surface area (Å²) in [4.78, 5) is 12.6. The van der Waals surface area contributed by atoms with E-state index in [1.807, 2.05) is 12.1 Å². The molecule has 0 unspecified atom stereocenters. The highest BCUT2D eigenvalue weighted by atomic mass is 14.7. The van der Waals surface area contributed by atoms with Gasteiger partial charge in [-0.05, 0) is 164 Å². The Morgan fingerprint density at radius 3 is 1.31 bits per heavy atom. The molecule has 0 bridgehead atoms. The fourth-order valence-corrected chi connectivity index (χ4v) is 9.47. The molecule has 0 radical (unpaired) electrons. The van der Waals surface area contributed by atoms with Crippen LogP contribution in [0.2, 0.25) is 0 Å². The summed E-state index contributed by atoms with van der Waals surface area (Å²) in [5, 5.41) is 21.9. The summed E-state index contributed by atoms with van der Waals surface area (Å²) in [7, 11) is 0. The molecule has 54 heavy (non-hydrogen) atoms. The first-order valence-corrected chi connectivity index (χ1v) is 18.0. The normalized spacial score (nSPS) is 12.0. The largest absolute Gasteiger partial charge is 0.276 e. The summed E-state index contributed by atoms with van der Waals surface area (Å²) >= 11 is 0. The zero-order chi connectivity index (χ0) is 35.7. The van der Waals surface area contributed by atoms with Gasteiger partial charge in [0.25, 0.3) is 0 Å². The SMILES string of the molecule is [C-]#[N+]c1cnccc1-c1cc2c3cc4c(cc3c(-c3ccncc3C#N)cc2c2cc3c(cc12)-c1cccc2cccc-3c12)-c1cccc2cccc-4c12. The van der Waals surface area contributed by atoms with E-state index in [2.05, 4.69) is 130 Å². The molecule has 2 aliphatic carbocycles. The van der Waals surface area contributed by atoms with Crippen molar-refractivity contribution in [3.63, 3.8) is 0 Å². The molecule has 0 atom stereocenters. The molecule has 0 saturated carbocycles. The summed E-state index contributed by atoms with van der Waals surface area (Å²) in [6.07, 6.45) is 6.89. The van der Waals surface area contributed by atoms with Gasteiger partial charge in [-0.25, -0.2) is 4.85 Å². The number of hydrogen-bond donors (Lipinski definition) is 0. The van der Waals surface area contributed by atoms with E-state index in [0.717, 1.165) is 54.6 Å². The van der Waals surface area contributed by atoms with Crippen molar-refractivity contribution in [3.8, 4) is 72.8 Å². The van der Waals surface area contributed by atoms with Gasteiger partial charge in [-0.15, -0.1) is 0 Å². The maximum atomic E-state index is 10.4. The predicted molar refractivity (Wildman–Crippen MR) is 220 cm³/mol. The predicted octanol–water partition coefficient (Wildman–Crippen LogP) is 13.3. The first-order valence-electron chi connectivity index (χ1n) is 18.0. The van der Waals surface area contributed by atoms with Crippen molar-refractivity contribution >= 4 is 59.5 Å². The Morgan fingerprint density at radius 1 is 0.426 bits per heavy atom. The number of nitrogens with zero attached hydrogens (tertiary/aromatic N) is 4. The molecule has 2 aliphatic rings. The zero-order valence-electron chi connectivity index (χ0n) is 28.6. The second-order valence-electron chi connectivity index (χ2n) is 14.3. The standard InChI is InChI=1S/C50H24N4/c1-52-48-26-54-17-15-31(48)37-19-45-44(47-23-41-35-13-5-9-28-7-3-11-33(50(28)35)39(41)21-43(37)47)18-36(30-14-16-53-25-29(30)24-51)42-20-38-32-10-2-6-27-8-4-12-34(49(27)32)40(38)22-46(42)45/h2-23,25-26H. The van der Waals surface area contributed by atoms with Crippen molar-refractivity contribution in [1.82, 2.24) is 9.97 Å². The number of hydrogen-bond acceptors (Lipinski definition) is 3.